The number of fused-ring (bicyclic) bond motifs is 2. The van der Waals surface area contributed by atoms with Crippen LogP contribution in [-0.4, -0.2) is 22.0 Å². The molecular weight excluding hydrogens is 292 g/mol. The predicted molar refractivity (Wildman–Crippen MR) is 85.3 cm³/mol. The third-order valence-electron chi connectivity index (χ3n) is 5.22. The van der Waals surface area contributed by atoms with Gasteiger partial charge in [-0.1, -0.05) is 11.1 Å². The number of rotatable bonds is 4. The molecule has 5 nitrogen and oxygen atoms in total. The summed E-state index contributed by atoms with van der Waals surface area (Å²) in [6.07, 6.45) is 5.17. The van der Waals surface area contributed by atoms with Gasteiger partial charge in [-0.15, -0.1) is 0 Å². The number of nitrogens with one attached hydrogen (secondary N) is 1. The zero-order chi connectivity index (χ0) is 16.6. The fourth-order valence-electron chi connectivity index (χ4n) is 4.41. The van der Waals surface area contributed by atoms with Gasteiger partial charge < -0.3 is 10.4 Å². The van der Waals surface area contributed by atoms with Crippen molar-refractivity contribution >= 4 is 11.9 Å². The Morgan fingerprint density at radius 2 is 1.78 bits per heavy atom. The molecule has 0 aliphatic heterocycles. The smallest absolute Gasteiger partial charge is 0.307 e. The highest BCUT2D eigenvalue weighted by Gasteiger charge is 2.57. The number of allylic oxidation sites excluding steroid dienone is 2. The SMILES string of the molecule is CC(C)=C1[C@@H]2CC[C@@H]1[C@@H](C(=O)NCc1ccncc1)[C@@H]2C(=O)O. The summed E-state index contributed by atoms with van der Waals surface area (Å²) in [6.45, 7) is 4.46. The quantitative estimate of drug-likeness (QED) is 0.836. The van der Waals surface area contributed by atoms with Crippen LogP contribution in [0.4, 0.5) is 0 Å². The van der Waals surface area contributed by atoms with Crippen molar-refractivity contribution in [1.29, 1.82) is 0 Å². The van der Waals surface area contributed by atoms with Crippen molar-refractivity contribution in [2.75, 3.05) is 0 Å². The third-order valence-corrected chi connectivity index (χ3v) is 5.22. The van der Waals surface area contributed by atoms with Gasteiger partial charge in [0.05, 0.1) is 11.8 Å². The molecule has 0 unspecified atom stereocenters. The molecule has 2 fully saturated rings. The highest BCUT2D eigenvalue weighted by molar-refractivity contribution is 5.87. The highest BCUT2D eigenvalue weighted by atomic mass is 16.4. The maximum atomic E-state index is 12.7. The highest BCUT2D eigenvalue weighted by Crippen LogP contribution is 2.57. The lowest BCUT2D eigenvalue weighted by Gasteiger charge is -2.26. The van der Waals surface area contributed by atoms with E-state index in [0.717, 1.165) is 18.4 Å². The maximum absolute atomic E-state index is 12.7. The van der Waals surface area contributed by atoms with Crippen molar-refractivity contribution in [3.63, 3.8) is 0 Å². The van der Waals surface area contributed by atoms with Gasteiger partial charge in [-0.2, -0.15) is 0 Å². The molecule has 1 amide bonds. The first-order chi connectivity index (χ1) is 11.0. The average Bonchev–Trinajstić information content (AvgIpc) is 3.09. The lowest BCUT2D eigenvalue weighted by molar-refractivity contribution is -0.149. The number of hydrogen-bond donors (Lipinski definition) is 2. The molecule has 5 heteroatoms. The van der Waals surface area contributed by atoms with E-state index in [-0.39, 0.29) is 17.7 Å². The number of pyridine rings is 1. The normalized spacial score (nSPS) is 28.7. The first kappa shape index (κ1) is 15.7. The van der Waals surface area contributed by atoms with Crippen molar-refractivity contribution in [2.24, 2.45) is 23.7 Å². The molecule has 1 aromatic heterocycles. The minimum atomic E-state index is -0.847. The van der Waals surface area contributed by atoms with Crippen LogP contribution in [-0.2, 0) is 16.1 Å². The van der Waals surface area contributed by atoms with E-state index < -0.39 is 17.8 Å². The van der Waals surface area contributed by atoms with E-state index in [1.807, 2.05) is 26.0 Å². The summed E-state index contributed by atoms with van der Waals surface area (Å²) in [5.41, 5.74) is 3.35. The molecule has 2 saturated carbocycles. The van der Waals surface area contributed by atoms with Crippen molar-refractivity contribution < 1.29 is 14.7 Å². The molecule has 3 rings (SSSR count). The molecule has 0 aromatic carbocycles. The van der Waals surface area contributed by atoms with Crippen molar-refractivity contribution in [1.82, 2.24) is 10.3 Å². The van der Waals surface area contributed by atoms with E-state index in [9.17, 15) is 14.7 Å². The Kier molecular flexibility index (Phi) is 4.20. The molecule has 122 valence electrons. The number of nitrogens with zero attached hydrogens (tertiary/aromatic N) is 1. The van der Waals surface area contributed by atoms with Crippen LogP contribution in [0.15, 0.2) is 35.7 Å². The van der Waals surface area contributed by atoms with E-state index in [2.05, 4.69) is 10.3 Å². The van der Waals surface area contributed by atoms with E-state index in [1.165, 1.54) is 11.1 Å². The minimum Gasteiger partial charge on any atom is -0.481 e. The molecule has 0 saturated heterocycles. The van der Waals surface area contributed by atoms with E-state index in [4.69, 9.17) is 0 Å². The molecular formula is C18H22N2O3. The number of amides is 1. The van der Waals surface area contributed by atoms with Gasteiger partial charge >= 0.3 is 5.97 Å². The molecule has 1 heterocycles. The van der Waals surface area contributed by atoms with Crippen LogP contribution < -0.4 is 5.32 Å². The number of carboxylic acids is 1. The second kappa shape index (κ2) is 6.14. The maximum Gasteiger partial charge on any atom is 0.307 e. The fraction of sp³-hybridized carbons (Fsp3) is 0.500. The monoisotopic (exact) mass is 314 g/mol. The Morgan fingerprint density at radius 3 is 2.35 bits per heavy atom. The van der Waals surface area contributed by atoms with Crippen LogP contribution in [0.1, 0.15) is 32.3 Å². The van der Waals surface area contributed by atoms with Gasteiger partial charge in [0.25, 0.3) is 0 Å². The second-order valence-corrected chi connectivity index (χ2v) is 6.71. The van der Waals surface area contributed by atoms with Crippen molar-refractivity contribution in [2.45, 2.75) is 33.2 Å². The summed E-state index contributed by atoms with van der Waals surface area (Å²) in [6, 6.07) is 3.69. The van der Waals surface area contributed by atoms with Gasteiger partial charge in [0.2, 0.25) is 5.91 Å². The average molecular weight is 314 g/mol. The van der Waals surface area contributed by atoms with Gasteiger partial charge in [0.1, 0.15) is 0 Å². The predicted octanol–water partition coefficient (Wildman–Crippen LogP) is 2.39. The van der Waals surface area contributed by atoms with Crippen LogP contribution in [0.25, 0.3) is 0 Å². The van der Waals surface area contributed by atoms with Gasteiger partial charge in [0, 0.05) is 18.9 Å². The van der Waals surface area contributed by atoms with Crippen LogP contribution in [0, 0.1) is 23.7 Å². The summed E-state index contributed by atoms with van der Waals surface area (Å²) >= 11 is 0. The van der Waals surface area contributed by atoms with Gasteiger partial charge in [-0.05, 0) is 56.2 Å². The molecule has 0 radical (unpaired) electrons. The molecule has 2 aliphatic carbocycles. The Morgan fingerprint density at radius 1 is 1.17 bits per heavy atom. The van der Waals surface area contributed by atoms with Crippen LogP contribution in [0.2, 0.25) is 0 Å². The topological polar surface area (TPSA) is 79.3 Å². The van der Waals surface area contributed by atoms with Crippen molar-refractivity contribution in [3.8, 4) is 0 Å². The first-order valence-electron chi connectivity index (χ1n) is 8.07. The number of aromatic nitrogens is 1. The second-order valence-electron chi connectivity index (χ2n) is 6.71. The number of aliphatic carboxylic acids is 1. The Labute approximate surface area is 135 Å². The van der Waals surface area contributed by atoms with Crippen molar-refractivity contribution in [3.05, 3.63) is 41.2 Å². The summed E-state index contributed by atoms with van der Waals surface area (Å²) in [4.78, 5) is 28.4. The number of hydrogen-bond acceptors (Lipinski definition) is 3. The Bertz CT molecular complexity index is 649. The first-order valence-corrected chi connectivity index (χ1v) is 8.07. The summed E-state index contributed by atoms with van der Waals surface area (Å²) in [5, 5.41) is 12.5. The molecule has 2 aliphatic rings. The minimum absolute atomic E-state index is 0.0270. The van der Waals surface area contributed by atoms with Gasteiger partial charge in [-0.25, -0.2) is 0 Å². The molecule has 0 spiro atoms. The van der Waals surface area contributed by atoms with Crippen LogP contribution in [0.5, 0.6) is 0 Å². The number of carbonyl (C=O) groups is 2. The summed E-state index contributed by atoms with van der Waals surface area (Å²) < 4.78 is 0. The lowest BCUT2D eigenvalue weighted by atomic mass is 9.78. The van der Waals surface area contributed by atoms with Crippen LogP contribution in [0.3, 0.4) is 0 Å². The third kappa shape index (κ3) is 2.76. The zero-order valence-corrected chi connectivity index (χ0v) is 13.5. The standard InChI is InChI=1S/C18H22N2O3/c1-10(2)14-12-3-4-13(14)16(18(22)23)15(12)17(21)20-9-11-5-7-19-8-6-11/h5-8,12-13,15-16H,3-4,9H2,1-2H3,(H,20,21)(H,22,23)/t12-,13-,15+,16+/m0/s1. The van der Waals surface area contributed by atoms with E-state index in [0.29, 0.717) is 6.54 Å². The molecule has 2 N–H and O–H groups in total. The van der Waals surface area contributed by atoms with E-state index >= 15 is 0 Å². The van der Waals surface area contributed by atoms with Gasteiger partial charge in [-0.3, -0.25) is 14.6 Å². The number of carbonyl (C=O) groups excluding carboxylic acids is 1. The molecule has 4 atom stereocenters. The fourth-order valence-corrected chi connectivity index (χ4v) is 4.41. The molecule has 23 heavy (non-hydrogen) atoms. The van der Waals surface area contributed by atoms with E-state index in [1.54, 1.807) is 12.4 Å². The summed E-state index contributed by atoms with van der Waals surface area (Å²) in [5.74, 6) is -1.91. The largest absolute Gasteiger partial charge is 0.481 e. The van der Waals surface area contributed by atoms with Gasteiger partial charge in [0.15, 0.2) is 0 Å². The molecule has 1 aromatic rings. The Balaban J connectivity index is 1.79. The Hall–Kier alpha value is -2.17. The molecule has 2 bridgehead atoms. The zero-order valence-electron chi connectivity index (χ0n) is 13.5. The lowest BCUT2D eigenvalue weighted by Crippen LogP contribution is -2.41. The summed E-state index contributed by atoms with van der Waals surface area (Å²) in [7, 11) is 0. The van der Waals surface area contributed by atoms with Crippen LogP contribution >= 0.6 is 0 Å². The number of carboxylic acid groups (broad SMARTS) is 1.